The van der Waals surface area contributed by atoms with Crippen LogP contribution in [-0.4, -0.2) is 10.8 Å². The Balaban J connectivity index is 2.03. The van der Waals surface area contributed by atoms with Gasteiger partial charge in [0.1, 0.15) is 5.56 Å². The van der Waals surface area contributed by atoms with Gasteiger partial charge in [0.25, 0.3) is 11.6 Å². The zero-order valence-electron chi connectivity index (χ0n) is 11.4. The van der Waals surface area contributed by atoms with Crippen LogP contribution >= 0.6 is 0 Å². The van der Waals surface area contributed by atoms with Crippen LogP contribution in [0, 0.1) is 17.0 Å². The van der Waals surface area contributed by atoms with Crippen molar-refractivity contribution in [3.8, 4) is 0 Å². The molecule has 0 aliphatic carbocycles. The number of nitro benzene ring substituents is 1. The highest BCUT2D eigenvalue weighted by molar-refractivity contribution is 5.97. The Morgan fingerprint density at radius 2 is 1.95 bits per heavy atom. The highest BCUT2D eigenvalue weighted by Crippen LogP contribution is 2.19. The molecule has 6 nitrogen and oxygen atoms in total. The lowest BCUT2D eigenvalue weighted by atomic mass is 10.1. The first-order chi connectivity index (χ1) is 10.1. The van der Waals surface area contributed by atoms with E-state index in [1.165, 1.54) is 12.1 Å². The average molecular weight is 286 g/mol. The van der Waals surface area contributed by atoms with Crippen LogP contribution in [0.1, 0.15) is 21.5 Å². The number of amides is 1. The van der Waals surface area contributed by atoms with Gasteiger partial charge in [-0.1, -0.05) is 36.4 Å². The fraction of sp³-hybridized carbons (Fsp3) is 0.133. The molecule has 0 aromatic heterocycles. The van der Waals surface area contributed by atoms with Crippen LogP contribution in [0.5, 0.6) is 0 Å². The number of carbonyl (C=O) groups is 1. The van der Waals surface area contributed by atoms with E-state index in [0.29, 0.717) is 0 Å². The molecule has 0 saturated heterocycles. The summed E-state index contributed by atoms with van der Waals surface area (Å²) in [7, 11) is 0. The first-order valence-corrected chi connectivity index (χ1v) is 6.29. The SMILES string of the molecule is Cc1ccc([N+](=O)[O-])c(C(=O)NOCc2ccccc2)c1. The number of hydroxylamine groups is 1. The highest BCUT2D eigenvalue weighted by Gasteiger charge is 2.20. The highest BCUT2D eigenvalue weighted by atomic mass is 16.7. The third-order valence-electron chi connectivity index (χ3n) is 2.84. The Bertz CT molecular complexity index is 656. The first kappa shape index (κ1) is 14.7. The molecule has 1 N–H and O–H groups in total. The maximum atomic E-state index is 12.0. The molecule has 0 fully saturated rings. The molecule has 108 valence electrons. The van der Waals surface area contributed by atoms with Crippen molar-refractivity contribution in [2.24, 2.45) is 0 Å². The molecule has 2 rings (SSSR count). The summed E-state index contributed by atoms with van der Waals surface area (Å²) < 4.78 is 0. The van der Waals surface area contributed by atoms with Crippen molar-refractivity contribution in [1.82, 2.24) is 5.48 Å². The van der Waals surface area contributed by atoms with E-state index in [1.807, 2.05) is 30.3 Å². The molecule has 0 heterocycles. The second-order valence-corrected chi connectivity index (χ2v) is 4.48. The number of hydrogen-bond donors (Lipinski definition) is 1. The van der Waals surface area contributed by atoms with Gasteiger partial charge in [-0.05, 0) is 24.1 Å². The van der Waals surface area contributed by atoms with E-state index in [9.17, 15) is 14.9 Å². The quantitative estimate of drug-likeness (QED) is 0.677. The van der Waals surface area contributed by atoms with Gasteiger partial charge in [0.05, 0.1) is 11.5 Å². The van der Waals surface area contributed by atoms with E-state index in [4.69, 9.17) is 4.84 Å². The maximum absolute atomic E-state index is 12.0. The molecule has 1 amide bonds. The number of aryl methyl sites for hydroxylation is 1. The third-order valence-corrected chi connectivity index (χ3v) is 2.84. The summed E-state index contributed by atoms with van der Waals surface area (Å²) in [6.07, 6.45) is 0. The van der Waals surface area contributed by atoms with Gasteiger partial charge in [0.15, 0.2) is 0 Å². The van der Waals surface area contributed by atoms with Crippen molar-refractivity contribution in [3.63, 3.8) is 0 Å². The van der Waals surface area contributed by atoms with E-state index in [0.717, 1.165) is 11.1 Å². The molecule has 0 bridgehead atoms. The average Bonchev–Trinajstić information content (AvgIpc) is 2.47. The zero-order chi connectivity index (χ0) is 15.2. The molecule has 0 saturated carbocycles. The fourth-order valence-electron chi connectivity index (χ4n) is 1.81. The van der Waals surface area contributed by atoms with Gasteiger partial charge in [-0.15, -0.1) is 0 Å². The fourth-order valence-corrected chi connectivity index (χ4v) is 1.81. The lowest BCUT2D eigenvalue weighted by Crippen LogP contribution is -2.24. The molecular weight excluding hydrogens is 272 g/mol. The van der Waals surface area contributed by atoms with Gasteiger partial charge in [-0.2, -0.15) is 0 Å². The molecule has 2 aromatic carbocycles. The molecule has 6 heteroatoms. The van der Waals surface area contributed by atoms with E-state index < -0.39 is 10.8 Å². The Kier molecular flexibility index (Phi) is 4.63. The van der Waals surface area contributed by atoms with Gasteiger partial charge in [0, 0.05) is 6.07 Å². The predicted molar refractivity (Wildman–Crippen MR) is 76.5 cm³/mol. The van der Waals surface area contributed by atoms with Crippen LogP contribution in [-0.2, 0) is 11.4 Å². The number of nitrogens with zero attached hydrogens (tertiary/aromatic N) is 1. The van der Waals surface area contributed by atoms with Crippen LogP contribution < -0.4 is 5.48 Å². The second-order valence-electron chi connectivity index (χ2n) is 4.48. The Labute approximate surface area is 121 Å². The Hall–Kier alpha value is -2.73. The van der Waals surface area contributed by atoms with Crippen molar-refractivity contribution >= 4 is 11.6 Å². The number of rotatable bonds is 5. The van der Waals surface area contributed by atoms with E-state index >= 15 is 0 Å². The molecule has 0 aliphatic rings. The first-order valence-electron chi connectivity index (χ1n) is 6.29. The summed E-state index contributed by atoms with van der Waals surface area (Å²) in [5, 5.41) is 10.9. The van der Waals surface area contributed by atoms with Crippen LogP contribution in [0.25, 0.3) is 0 Å². The molecule has 21 heavy (non-hydrogen) atoms. The van der Waals surface area contributed by atoms with Crippen molar-refractivity contribution < 1.29 is 14.6 Å². The van der Waals surface area contributed by atoms with Gasteiger partial charge >= 0.3 is 0 Å². The third kappa shape index (κ3) is 3.87. The van der Waals surface area contributed by atoms with Crippen molar-refractivity contribution in [2.45, 2.75) is 13.5 Å². The molecular formula is C15H14N2O4. The Morgan fingerprint density at radius 1 is 1.24 bits per heavy atom. The number of nitrogens with one attached hydrogen (secondary N) is 1. The van der Waals surface area contributed by atoms with Gasteiger partial charge < -0.3 is 0 Å². The molecule has 0 radical (unpaired) electrons. The summed E-state index contributed by atoms with van der Waals surface area (Å²) in [5.41, 5.74) is 3.60. The zero-order valence-corrected chi connectivity index (χ0v) is 11.4. The minimum Gasteiger partial charge on any atom is -0.269 e. The summed E-state index contributed by atoms with van der Waals surface area (Å²) in [4.78, 5) is 27.4. The standard InChI is InChI=1S/C15H14N2O4/c1-11-7-8-14(17(19)20)13(9-11)15(18)16-21-10-12-5-3-2-4-6-12/h2-9H,10H2,1H3,(H,16,18). The van der Waals surface area contributed by atoms with E-state index in [-0.39, 0.29) is 17.9 Å². The van der Waals surface area contributed by atoms with Gasteiger partial charge in [0.2, 0.25) is 0 Å². The van der Waals surface area contributed by atoms with Gasteiger partial charge in [-0.3, -0.25) is 19.7 Å². The van der Waals surface area contributed by atoms with E-state index in [2.05, 4.69) is 5.48 Å². The normalized spacial score (nSPS) is 10.1. The van der Waals surface area contributed by atoms with Crippen molar-refractivity contribution in [1.29, 1.82) is 0 Å². The Morgan fingerprint density at radius 3 is 2.62 bits per heavy atom. The minimum atomic E-state index is -0.638. The summed E-state index contributed by atoms with van der Waals surface area (Å²) in [6.45, 7) is 1.94. The molecule has 0 unspecified atom stereocenters. The smallest absolute Gasteiger partial charge is 0.269 e. The van der Waals surface area contributed by atoms with Crippen LogP contribution in [0.3, 0.4) is 0 Å². The predicted octanol–water partition coefficient (Wildman–Crippen LogP) is 2.76. The molecule has 0 atom stereocenters. The second kappa shape index (κ2) is 6.62. The van der Waals surface area contributed by atoms with Crippen LogP contribution in [0.15, 0.2) is 48.5 Å². The van der Waals surface area contributed by atoms with Crippen LogP contribution in [0.2, 0.25) is 0 Å². The number of nitro groups is 1. The number of hydrogen-bond acceptors (Lipinski definition) is 4. The molecule has 0 spiro atoms. The van der Waals surface area contributed by atoms with E-state index in [1.54, 1.807) is 13.0 Å². The van der Waals surface area contributed by atoms with Crippen molar-refractivity contribution in [3.05, 3.63) is 75.3 Å². The van der Waals surface area contributed by atoms with Crippen molar-refractivity contribution in [2.75, 3.05) is 0 Å². The maximum Gasteiger partial charge on any atom is 0.282 e. The molecule has 0 aliphatic heterocycles. The largest absolute Gasteiger partial charge is 0.282 e. The summed E-state index contributed by atoms with van der Waals surface area (Å²) >= 11 is 0. The number of carbonyl (C=O) groups excluding carboxylic acids is 1. The lowest BCUT2D eigenvalue weighted by Gasteiger charge is -2.07. The minimum absolute atomic E-state index is 0.0203. The monoisotopic (exact) mass is 286 g/mol. The number of benzene rings is 2. The van der Waals surface area contributed by atoms with Gasteiger partial charge in [-0.25, -0.2) is 5.48 Å². The lowest BCUT2D eigenvalue weighted by molar-refractivity contribution is -0.385. The molecule has 2 aromatic rings. The summed E-state index contributed by atoms with van der Waals surface area (Å²) in [6, 6.07) is 13.6. The summed E-state index contributed by atoms with van der Waals surface area (Å²) in [5.74, 6) is -0.638. The topological polar surface area (TPSA) is 81.5 Å². The van der Waals surface area contributed by atoms with Crippen LogP contribution in [0.4, 0.5) is 5.69 Å².